The summed E-state index contributed by atoms with van der Waals surface area (Å²) in [5.74, 6) is 0.786. The second kappa shape index (κ2) is 6.88. The number of hydrogen-bond acceptors (Lipinski definition) is 5. The molecule has 134 valence electrons. The minimum Gasteiger partial charge on any atom is -0.494 e. The van der Waals surface area contributed by atoms with E-state index in [0.29, 0.717) is 23.9 Å². The zero-order valence-corrected chi connectivity index (χ0v) is 15.3. The number of aromatic nitrogens is 1. The Morgan fingerprint density at radius 1 is 1.23 bits per heavy atom. The summed E-state index contributed by atoms with van der Waals surface area (Å²) in [7, 11) is 2.11. The zero-order chi connectivity index (χ0) is 18.1. The quantitative estimate of drug-likeness (QED) is 0.726. The molecule has 1 aliphatic heterocycles. The zero-order valence-electron chi connectivity index (χ0n) is 14.4. The number of nitrogens with zero attached hydrogens (tertiary/aromatic N) is 1. The molecule has 26 heavy (non-hydrogen) atoms. The molecule has 1 atom stereocenters. The molecule has 6 heteroatoms. The number of ether oxygens (including phenoxy) is 1. The first-order valence-corrected chi connectivity index (χ1v) is 9.35. The first-order chi connectivity index (χ1) is 12.6. The van der Waals surface area contributed by atoms with Crippen molar-refractivity contribution in [3.05, 3.63) is 74.2 Å². The van der Waals surface area contributed by atoms with Crippen molar-refractivity contribution in [2.24, 2.45) is 0 Å². The van der Waals surface area contributed by atoms with Crippen LogP contribution >= 0.6 is 11.3 Å². The molecular formula is C20H20N2O3S. The van der Waals surface area contributed by atoms with Crippen molar-refractivity contribution in [1.29, 1.82) is 0 Å². The van der Waals surface area contributed by atoms with Crippen LogP contribution in [0.2, 0.25) is 0 Å². The van der Waals surface area contributed by atoms with Gasteiger partial charge in [-0.05, 0) is 35.7 Å². The Morgan fingerprint density at radius 3 is 2.69 bits per heavy atom. The fourth-order valence-electron chi connectivity index (χ4n) is 3.34. The van der Waals surface area contributed by atoms with Crippen molar-refractivity contribution in [2.75, 3.05) is 18.6 Å². The van der Waals surface area contributed by atoms with E-state index >= 15 is 0 Å². The summed E-state index contributed by atoms with van der Waals surface area (Å²) in [4.78, 5) is 16.3. The van der Waals surface area contributed by atoms with Crippen LogP contribution in [0.1, 0.15) is 16.0 Å². The normalized spacial score (nSPS) is 15.9. The highest BCUT2D eigenvalue weighted by atomic mass is 32.1. The average Bonchev–Trinajstić information content (AvgIpc) is 3.13. The highest BCUT2D eigenvalue weighted by Crippen LogP contribution is 2.30. The Bertz CT molecular complexity index is 962. The van der Waals surface area contributed by atoms with Gasteiger partial charge in [-0.15, -0.1) is 0 Å². The van der Waals surface area contributed by atoms with Crippen molar-refractivity contribution in [1.82, 2.24) is 4.98 Å². The van der Waals surface area contributed by atoms with Crippen LogP contribution in [-0.4, -0.2) is 29.8 Å². The third-order valence-electron chi connectivity index (χ3n) is 4.81. The average molecular weight is 368 g/mol. The van der Waals surface area contributed by atoms with Gasteiger partial charge in [0.15, 0.2) is 0 Å². The molecule has 2 heterocycles. The fourth-order valence-corrected chi connectivity index (χ4v) is 4.10. The molecule has 0 radical (unpaired) electrons. The summed E-state index contributed by atoms with van der Waals surface area (Å²) in [6, 6.07) is 16.6. The lowest BCUT2D eigenvalue weighted by atomic mass is 10.1. The predicted molar refractivity (Wildman–Crippen MR) is 104 cm³/mol. The van der Waals surface area contributed by atoms with Gasteiger partial charge in [0.25, 0.3) is 0 Å². The number of aromatic amines is 1. The summed E-state index contributed by atoms with van der Waals surface area (Å²) in [6.07, 6.45) is 1.52. The standard InChI is InChI=1S/C20H20N2O3S/c1-22-15(11-14-4-2-3-5-17(14)22)12-25-16-8-6-13(7-9-16)10-18-19(23)21-20(24)26-18/h2-9,15,23H,10-12H2,1H3,(H,21,24). The van der Waals surface area contributed by atoms with Gasteiger partial charge in [0, 0.05) is 19.2 Å². The number of nitrogens with one attached hydrogen (secondary N) is 1. The highest BCUT2D eigenvalue weighted by molar-refractivity contribution is 7.09. The molecule has 0 fully saturated rings. The van der Waals surface area contributed by atoms with Crippen LogP contribution in [0.5, 0.6) is 11.6 Å². The Labute approximate surface area is 155 Å². The first-order valence-electron chi connectivity index (χ1n) is 8.53. The van der Waals surface area contributed by atoms with E-state index in [1.807, 2.05) is 24.3 Å². The Balaban J connectivity index is 1.36. The molecule has 2 N–H and O–H groups in total. The number of rotatable bonds is 5. The maximum absolute atomic E-state index is 11.3. The lowest BCUT2D eigenvalue weighted by Crippen LogP contribution is -2.33. The number of benzene rings is 2. The topological polar surface area (TPSA) is 65.6 Å². The molecule has 1 unspecified atom stereocenters. The number of thiazole rings is 1. The largest absolute Gasteiger partial charge is 0.494 e. The van der Waals surface area contributed by atoms with Crippen molar-refractivity contribution < 1.29 is 9.84 Å². The molecule has 0 aliphatic carbocycles. The monoisotopic (exact) mass is 368 g/mol. The Kier molecular flexibility index (Phi) is 4.42. The second-order valence-corrected chi connectivity index (χ2v) is 7.58. The molecule has 0 bridgehead atoms. The molecule has 2 aromatic carbocycles. The van der Waals surface area contributed by atoms with Gasteiger partial charge in [0.1, 0.15) is 12.4 Å². The number of likely N-dealkylation sites (N-methyl/N-ethyl adjacent to an activating group) is 1. The van der Waals surface area contributed by atoms with E-state index in [1.165, 1.54) is 11.3 Å². The maximum Gasteiger partial charge on any atom is 0.307 e. The summed E-state index contributed by atoms with van der Waals surface area (Å²) < 4.78 is 5.98. The number of fused-ring (bicyclic) bond motifs is 1. The fraction of sp³-hybridized carbons (Fsp3) is 0.250. The van der Waals surface area contributed by atoms with E-state index < -0.39 is 0 Å². The molecule has 0 saturated carbocycles. The summed E-state index contributed by atoms with van der Waals surface area (Å²) in [5, 5.41) is 9.68. The van der Waals surface area contributed by atoms with Crippen LogP contribution in [0, 0.1) is 0 Å². The van der Waals surface area contributed by atoms with Gasteiger partial charge in [-0.1, -0.05) is 41.7 Å². The van der Waals surface area contributed by atoms with Crippen molar-refractivity contribution in [3.8, 4) is 11.6 Å². The third kappa shape index (κ3) is 3.32. The SMILES string of the molecule is CN1c2ccccc2CC1COc1ccc(Cc2sc(=O)[nH]c2O)cc1. The van der Waals surface area contributed by atoms with Gasteiger partial charge in [0.05, 0.1) is 10.9 Å². The molecular weight excluding hydrogens is 348 g/mol. The number of hydrogen-bond donors (Lipinski definition) is 2. The van der Waals surface area contributed by atoms with E-state index in [2.05, 4.69) is 41.2 Å². The first kappa shape index (κ1) is 16.7. The molecule has 5 nitrogen and oxygen atoms in total. The Hall–Kier alpha value is -2.73. The van der Waals surface area contributed by atoms with Gasteiger partial charge in [-0.25, -0.2) is 0 Å². The minimum atomic E-state index is -0.237. The van der Waals surface area contributed by atoms with Gasteiger partial charge >= 0.3 is 4.87 Å². The number of aromatic hydroxyl groups is 1. The van der Waals surface area contributed by atoms with E-state index in [-0.39, 0.29) is 10.8 Å². The second-order valence-electron chi connectivity index (χ2n) is 6.52. The lowest BCUT2D eigenvalue weighted by molar-refractivity contribution is 0.288. The van der Waals surface area contributed by atoms with Gasteiger partial charge in [-0.2, -0.15) is 0 Å². The Morgan fingerprint density at radius 2 is 2.00 bits per heavy atom. The summed E-state index contributed by atoms with van der Waals surface area (Å²) in [6.45, 7) is 0.630. The molecule has 4 rings (SSSR count). The smallest absolute Gasteiger partial charge is 0.307 e. The summed E-state index contributed by atoms with van der Waals surface area (Å²) >= 11 is 1.04. The summed E-state index contributed by atoms with van der Waals surface area (Å²) in [5.41, 5.74) is 3.67. The molecule has 1 aromatic heterocycles. The van der Waals surface area contributed by atoms with Gasteiger partial charge in [0.2, 0.25) is 5.88 Å². The lowest BCUT2D eigenvalue weighted by Gasteiger charge is -2.22. The van der Waals surface area contributed by atoms with Crippen molar-refractivity contribution >= 4 is 17.0 Å². The molecule has 3 aromatic rings. The third-order valence-corrected chi connectivity index (χ3v) is 5.68. The van der Waals surface area contributed by atoms with E-state index in [9.17, 15) is 9.90 Å². The molecule has 1 aliphatic rings. The highest BCUT2D eigenvalue weighted by Gasteiger charge is 2.26. The van der Waals surface area contributed by atoms with Crippen LogP contribution in [-0.2, 0) is 12.8 Å². The molecule has 0 amide bonds. The van der Waals surface area contributed by atoms with Crippen molar-refractivity contribution in [2.45, 2.75) is 18.9 Å². The number of para-hydroxylation sites is 1. The van der Waals surface area contributed by atoms with Crippen LogP contribution in [0.15, 0.2) is 53.3 Å². The van der Waals surface area contributed by atoms with Crippen molar-refractivity contribution in [3.63, 3.8) is 0 Å². The van der Waals surface area contributed by atoms with E-state index in [1.54, 1.807) is 0 Å². The molecule has 0 spiro atoms. The number of anilines is 1. The van der Waals surface area contributed by atoms with E-state index in [0.717, 1.165) is 29.1 Å². The predicted octanol–water partition coefficient (Wildman–Crippen LogP) is 3.17. The van der Waals surface area contributed by atoms with E-state index in [4.69, 9.17) is 4.74 Å². The van der Waals surface area contributed by atoms with Gasteiger partial charge in [-0.3, -0.25) is 9.78 Å². The molecule has 0 saturated heterocycles. The van der Waals surface area contributed by atoms with Crippen LogP contribution in [0.4, 0.5) is 5.69 Å². The van der Waals surface area contributed by atoms with Crippen LogP contribution in [0.25, 0.3) is 0 Å². The number of H-pyrrole nitrogens is 1. The van der Waals surface area contributed by atoms with Crippen LogP contribution in [0.3, 0.4) is 0 Å². The van der Waals surface area contributed by atoms with Crippen LogP contribution < -0.4 is 14.5 Å². The van der Waals surface area contributed by atoms with Gasteiger partial charge < -0.3 is 14.7 Å². The minimum absolute atomic E-state index is 0.0378. The maximum atomic E-state index is 11.3.